The average molecular weight is 258 g/mol. The second-order valence-corrected chi connectivity index (χ2v) is 5.24. The van der Waals surface area contributed by atoms with Crippen LogP contribution in [-0.2, 0) is 6.54 Å². The van der Waals surface area contributed by atoms with Crippen molar-refractivity contribution in [3.8, 4) is 5.75 Å². The molecule has 0 radical (unpaired) electrons. The van der Waals surface area contributed by atoms with Crippen molar-refractivity contribution in [3.63, 3.8) is 0 Å². The molecular formula is C16H22N2O. The molecule has 1 heterocycles. The van der Waals surface area contributed by atoms with E-state index in [2.05, 4.69) is 40.3 Å². The van der Waals surface area contributed by atoms with Gasteiger partial charge in [-0.25, -0.2) is 0 Å². The Labute approximate surface area is 114 Å². The number of nitrogens with one attached hydrogen (secondary N) is 1. The molecule has 102 valence electrons. The van der Waals surface area contributed by atoms with Gasteiger partial charge in [-0.15, -0.1) is 0 Å². The van der Waals surface area contributed by atoms with Gasteiger partial charge in [0.1, 0.15) is 5.75 Å². The van der Waals surface area contributed by atoms with Gasteiger partial charge in [-0.3, -0.25) is 0 Å². The molecule has 1 aliphatic carbocycles. The molecule has 1 aromatic heterocycles. The highest BCUT2D eigenvalue weighted by molar-refractivity contribution is 5.81. The monoisotopic (exact) mass is 258 g/mol. The van der Waals surface area contributed by atoms with E-state index < -0.39 is 0 Å². The van der Waals surface area contributed by atoms with Gasteiger partial charge in [0.15, 0.2) is 0 Å². The molecule has 19 heavy (non-hydrogen) atoms. The highest BCUT2D eigenvalue weighted by Gasteiger charge is 2.19. The second-order valence-electron chi connectivity index (χ2n) is 5.24. The minimum Gasteiger partial charge on any atom is -0.494 e. The van der Waals surface area contributed by atoms with Crippen molar-refractivity contribution >= 4 is 10.9 Å². The van der Waals surface area contributed by atoms with Crippen molar-refractivity contribution in [3.05, 3.63) is 30.5 Å². The summed E-state index contributed by atoms with van der Waals surface area (Å²) >= 11 is 0. The van der Waals surface area contributed by atoms with E-state index in [1.807, 2.05) is 6.92 Å². The lowest BCUT2D eigenvalue weighted by atomic mass is 10.2. The lowest BCUT2D eigenvalue weighted by molar-refractivity contribution is 0.340. The van der Waals surface area contributed by atoms with Crippen LogP contribution in [0.3, 0.4) is 0 Å². The first-order chi connectivity index (χ1) is 9.36. The van der Waals surface area contributed by atoms with Crippen LogP contribution in [0.2, 0.25) is 0 Å². The molecule has 0 amide bonds. The van der Waals surface area contributed by atoms with E-state index >= 15 is 0 Å². The van der Waals surface area contributed by atoms with Crippen molar-refractivity contribution in [2.24, 2.45) is 0 Å². The van der Waals surface area contributed by atoms with E-state index in [9.17, 15) is 0 Å². The smallest absolute Gasteiger partial charge is 0.120 e. The van der Waals surface area contributed by atoms with Crippen LogP contribution in [0.5, 0.6) is 5.75 Å². The fraction of sp³-hybridized carbons (Fsp3) is 0.500. The van der Waals surface area contributed by atoms with Crippen molar-refractivity contribution in [2.75, 3.05) is 13.2 Å². The molecule has 0 bridgehead atoms. The van der Waals surface area contributed by atoms with Gasteiger partial charge in [-0.05, 0) is 57.0 Å². The number of rotatable bonds is 7. The van der Waals surface area contributed by atoms with Gasteiger partial charge in [-0.1, -0.05) is 0 Å². The summed E-state index contributed by atoms with van der Waals surface area (Å²) in [6.45, 7) is 4.94. The SMILES string of the molecule is CCOc1ccc2c(ccn2CCCNC2CC2)c1. The van der Waals surface area contributed by atoms with Crippen LogP contribution in [0, 0.1) is 0 Å². The lowest BCUT2D eigenvalue weighted by Crippen LogP contribution is -2.18. The molecule has 3 rings (SSSR count). The third-order valence-corrected chi connectivity index (χ3v) is 3.64. The normalized spacial score (nSPS) is 15.0. The number of ether oxygens (including phenoxy) is 1. The molecule has 0 unspecified atom stereocenters. The van der Waals surface area contributed by atoms with Crippen molar-refractivity contribution in [2.45, 2.75) is 38.8 Å². The Bertz CT molecular complexity index is 543. The van der Waals surface area contributed by atoms with Gasteiger partial charge >= 0.3 is 0 Å². The molecule has 0 aliphatic heterocycles. The van der Waals surface area contributed by atoms with Gasteiger partial charge in [0.25, 0.3) is 0 Å². The van der Waals surface area contributed by atoms with Gasteiger partial charge in [0.2, 0.25) is 0 Å². The van der Waals surface area contributed by atoms with E-state index in [0.717, 1.165) is 31.5 Å². The summed E-state index contributed by atoms with van der Waals surface area (Å²) < 4.78 is 7.87. The fourth-order valence-electron chi connectivity index (χ4n) is 2.47. The first-order valence-corrected chi connectivity index (χ1v) is 7.32. The Kier molecular flexibility index (Phi) is 3.74. The van der Waals surface area contributed by atoms with Gasteiger partial charge in [-0.2, -0.15) is 0 Å². The molecule has 1 fully saturated rings. The predicted molar refractivity (Wildman–Crippen MR) is 78.7 cm³/mol. The largest absolute Gasteiger partial charge is 0.494 e. The first-order valence-electron chi connectivity index (χ1n) is 7.32. The van der Waals surface area contributed by atoms with Crippen molar-refractivity contribution < 1.29 is 4.74 Å². The Hall–Kier alpha value is -1.48. The zero-order valence-corrected chi connectivity index (χ0v) is 11.6. The van der Waals surface area contributed by atoms with Crippen LogP contribution >= 0.6 is 0 Å². The zero-order chi connectivity index (χ0) is 13.1. The molecule has 1 N–H and O–H groups in total. The minimum absolute atomic E-state index is 0.721. The number of hydrogen-bond donors (Lipinski definition) is 1. The zero-order valence-electron chi connectivity index (χ0n) is 11.6. The summed E-state index contributed by atoms with van der Waals surface area (Å²) in [5.41, 5.74) is 1.30. The van der Waals surface area contributed by atoms with Gasteiger partial charge < -0.3 is 14.6 Å². The summed E-state index contributed by atoms with van der Waals surface area (Å²) in [6.07, 6.45) is 6.10. The summed E-state index contributed by atoms with van der Waals surface area (Å²) in [6, 6.07) is 9.33. The van der Waals surface area contributed by atoms with E-state index in [1.165, 1.54) is 30.2 Å². The Morgan fingerprint density at radius 2 is 2.21 bits per heavy atom. The average Bonchev–Trinajstić information content (AvgIpc) is 3.16. The van der Waals surface area contributed by atoms with Crippen LogP contribution in [0.1, 0.15) is 26.2 Å². The van der Waals surface area contributed by atoms with E-state index in [-0.39, 0.29) is 0 Å². The molecule has 1 aliphatic rings. The summed E-state index contributed by atoms with van der Waals surface area (Å²) in [7, 11) is 0. The topological polar surface area (TPSA) is 26.2 Å². The van der Waals surface area contributed by atoms with Crippen molar-refractivity contribution in [1.82, 2.24) is 9.88 Å². The number of aryl methyl sites for hydroxylation is 1. The second kappa shape index (κ2) is 5.66. The van der Waals surface area contributed by atoms with Gasteiger partial charge in [0, 0.05) is 29.7 Å². The number of nitrogens with zero attached hydrogens (tertiary/aromatic N) is 1. The van der Waals surface area contributed by atoms with Crippen LogP contribution in [0.4, 0.5) is 0 Å². The quantitative estimate of drug-likeness (QED) is 0.772. The summed E-state index contributed by atoms with van der Waals surface area (Å²) in [4.78, 5) is 0. The van der Waals surface area contributed by atoms with E-state index in [0.29, 0.717) is 0 Å². The molecule has 0 saturated heterocycles. The van der Waals surface area contributed by atoms with Crippen LogP contribution in [0.25, 0.3) is 10.9 Å². The fourth-order valence-corrected chi connectivity index (χ4v) is 2.47. The summed E-state index contributed by atoms with van der Waals surface area (Å²) in [5, 5.41) is 4.82. The van der Waals surface area contributed by atoms with E-state index in [4.69, 9.17) is 4.74 Å². The molecule has 2 aromatic rings. The van der Waals surface area contributed by atoms with Crippen LogP contribution in [-0.4, -0.2) is 23.8 Å². The molecule has 1 aromatic carbocycles. The molecular weight excluding hydrogens is 236 g/mol. The third-order valence-electron chi connectivity index (χ3n) is 3.64. The van der Waals surface area contributed by atoms with Crippen LogP contribution in [0.15, 0.2) is 30.5 Å². The molecule has 3 heteroatoms. The highest BCUT2D eigenvalue weighted by Crippen LogP contribution is 2.22. The molecule has 1 saturated carbocycles. The number of hydrogen-bond acceptors (Lipinski definition) is 2. The maximum atomic E-state index is 5.54. The first kappa shape index (κ1) is 12.5. The predicted octanol–water partition coefficient (Wildman–Crippen LogP) is 3.18. The molecule has 0 spiro atoms. The number of benzene rings is 1. The molecule has 0 atom stereocenters. The maximum absolute atomic E-state index is 5.54. The number of fused-ring (bicyclic) bond motifs is 1. The third kappa shape index (κ3) is 3.10. The van der Waals surface area contributed by atoms with Gasteiger partial charge in [0.05, 0.1) is 6.61 Å². The Morgan fingerprint density at radius 1 is 1.32 bits per heavy atom. The molecule has 3 nitrogen and oxygen atoms in total. The lowest BCUT2D eigenvalue weighted by Gasteiger charge is -2.07. The minimum atomic E-state index is 0.721. The summed E-state index contributed by atoms with van der Waals surface area (Å²) in [5.74, 6) is 0.961. The standard InChI is InChI=1S/C16H22N2O/c1-2-19-15-6-7-16-13(12-15)8-11-18(16)10-3-9-17-14-4-5-14/h6-8,11-12,14,17H,2-5,9-10H2,1H3. The highest BCUT2D eigenvalue weighted by atomic mass is 16.5. The van der Waals surface area contributed by atoms with Crippen LogP contribution < -0.4 is 10.1 Å². The Balaban J connectivity index is 1.62. The Morgan fingerprint density at radius 3 is 3.00 bits per heavy atom. The van der Waals surface area contributed by atoms with E-state index in [1.54, 1.807) is 0 Å². The maximum Gasteiger partial charge on any atom is 0.120 e. The number of aromatic nitrogens is 1. The van der Waals surface area contributed by atoms with Crippen molar-refractivity contribution in [1.29, 1.82) is 0 Å².